The second kappa shape index (κ2) is 5.76. The molecule has 1 aliphatic heterocycles. The normalized spacial score (nSPS) is 12.7. The zero-order chi connectivity index (χ0) is 15.7. The third-order valence-electron chi connectivity index (χ3n) is 3.34. The van der Waals surface area contributed by atoms with Crippen LogP contribution >= 0.6 is 12.2 Å². The zero-order valence-corrected chi connectivity index (χ0v) is 13.1. The van der Waals surface area contributed by atoms with E-state index in [1.807, 2.05) is 29.7 Å². The van der Waals surface area contributed by atoms with Crippen molar-refractivity contribution in [2.45, 2.75) is 20.4 Å². The van der Waals surface area contributed by atoms with Crippen molar-refractivity contribution in [1.29, 1.82) is 0 Å². The van der Waals surface area contributed by atoms with Gasteiger partial charge in [-0.25, -0.2) is 9.78 Å². The summed E-state index contributed by atoms with van der Waals surface area (Å²) < 4.78 is 11.8. The molecule has 0 unspecified atom stereocenters. The summed E-state index contributed by atoms with van der Waals surface area (Å²) in [4.78, 5) is 16.3. The smallest absolute Gasteiger partial charge is 0.434 e. The second-order valence-corrected chi connectivity index (χ2v) is 5.26. The number of thiocarbonyl (C=S) groups is 1. The van der Waals surface area contributed by atoms with E-state index >= 15 is 0 Å². The van der Waals surface area contributed by atoms with Gasteiger partial charge in [-0.2, -0.15) is 0 Å². The fourth-order valence-electron chi connectivity index (χ4n) is 2.34. The van der Waals surface area contributed by atoms with Crippen molar-refractivity contribution in [2.75, 3.05) is 6.61 Å². The Morgan fingerprint density at radius 3 is 3.09 bits per heavy atom. The molecule has 1 N–H and O–H groups in total. The number of imidazole rings is 1. The number of hydrogen-bond acceptors (Lipinski definition) is 5. The first-order chi connectivity index (χ1) is 10.6. The first kappa shape index (κ1) is 14.5. The van der Waals surface area contributed by atoms with Crippen molar-refractivity contribution in [2.24, 2.45) is 0 Å². The summed E-state index contributed by atoms with van der Waals surface area (Å²) in [6, 6.07) is 6.00. The van der Waals surface area contributed by atoms with Crippen molar-refractivity contribution in [3.63, 3.8) is 0 Å². The van der Waals surface area contributed by atoms with Gasteiger partial charge < -0.3 is 14.8 Å². The molecule has 2 aromatic rings. The van der Waals surface area contributed by atoms with Crippen LogP contribution in [0.1, 0.15) is 23.7 Å². The topological polar surface area (TPSA) is 65.4 Å². The summed E-state index contributed by atoms with van der Waals surface area (Å²) in [5.74, 6) is 0.224. The van der Waals surface area contributed by atoms with E-state index in [1.54, 1.807) is 13.3 Å². The van der Waals surface area contributed by atoms with Gasteiger partial charge in [-0.3, -0.25) is 4.57 Å². The highest BCUT2D eigenvalue weighted by atomic mass is 32.1. The quantitative estimate of drug-likeness (QED) is 0.678. The fraction of sp³-hybridized carbons (Fsp3) is 0.267. The lowest BCUT2D eigenvalue weighted by atomic mass is 10.1. The monoisotopic (exact) mass is 317 g/mol. The Hall–Kier alpha value is -2.41. The third kappa shape index (κ3) is 2.55. The van der Waals surface area contributed by atoms with E-state index < -0.39 is 6.16 Å². The Balaban J connectivity index is 2.03. The molecule has 0 saturated heterocycles. The minimum Gasteiger partial charge on any atom is -0.434 e. The van der Waals surface area contributed by atoms with Gasteiger partial charge in [-0.05, 0) is 26.0 Å². The lowest BCUT2D eigenvalue weighted by molar-refractivity contribution is 0.102. The summed E-state index contributed by atoms with van der Waals surface area (Å²) in [5, 5.41) is 3.15. The average Bonchev–Trinajstić information content (AvgIpc) is 2.81. The summed E-state index contributed by atoms with van der Waals surface area (Å²) in [6.45, 7) is 4.39. The van der Waals surface area contributed by atoms with E-state index in [4.69, 9.17) is 21.7 Å². The number of benzene rings is 1. The summed E-state index contributed by atoms with van der Waals surface area (Å²) in [6.07, 6.45) is 0.855. The Morgan fingerprint density at radius 1 is 1.50 bits per heavy atom. The van der Waals surface area contributed by atoms with Crippen LogP contribution in [0.25, 0.3) is 5.69 Å². The standard InChI is InChI=1S/C15H15N3O3S/c1-3-20-15(19)21-13-12-7-16-14(22)10-6-9(2)4-5-11(10)18(12)8-17-13/h4-6,8H,3,7H2,1-2H3,(H,16,22). The van der Waals surface area contributed by atoms with Crippen LogP contribution in [0.5, 0.6) is 5.88 Å². The molecule has 0 atom stereocenters. The highest BCUT2D eigenvalue weighted by Gasteiger charge is 2.23. The van der Waals surface area contributed by atoms with Crippen LogP contribution in [0, 0.1) is 6.92 Å². The molecule has 114 valence electrons. The van der Waals surface area contributed by atoms with Gasteiger partial charge >= 0.3 is 6.16 Å². The number of aromatic nitrogens is 2. The molecule has 6 nitrogen and oxygen atoms in total. The third-order valence-corrected chi connectivity index (χ3v) is 3.71. The number of fused-ring (bicyclic) bond motifs is 3. The number of ether oxygens (including phenoxy) is 2. The SMILES string of the molecule is CCOC(=O)Oc1ncn2c1CNC(=S)c1cc(C)ccc1-2. The molecule has 1 aliphatic rings. The van der Waals surface area contributed by atoms with E-state index in [-0.39, 0.29) is 12.5 Å². The number of carbonyl (C=O) groups excluding carboxylic acids is 1. The van der Waals surface area contributed by atoms with Gasteiger partial charge in [0, 0.05) is 5.56 Å². The van der Waals surface area contributed by atoms with Gasteiger partial charge in [0.05, 0.1) is 18.8 Å². The Kier molecular flexibility index (Phi) is 3.81. The molecule has 1 aromatic carbocycles. The van der Waals surface area contributed by atoms with Crippen molar-refractivity contribution >= 4 is 23.4 Å². The first-order valence-corrected chi connectivity index (χ1v) is 7.31. The molecule has 2 heterocycles. The van der Waals surface area contributed by atoms with Crippen LogP contribution in [-0.2, 0) is 11.3 Å². The summed E-state index contributed by atoms with van der Waals surface area (Å²) >= 11 is 5.42. The molecule has 1 aromatic heterocycles. The minimum atomic E-state index is -0.764. The molecule has 0 radical (unpaired) electrons. The van der Waals surface area contributed by atoms with E-state index in [0.29, 0.717) is 11.5 Å². The fourth-order valence-corrected chi connectivity index (χ4v) is 2.57. The molecular formula is C15H15N3O3S. The first-order valence-electron chi connectivity index (χ1n) is 6.90. The van der Waals surface area contributed by atoms with Gasteiger partial charge in [0.25, 0.3) is 0 Å². The molecule has 0 aliphatic carbocycles. The van der Waals surface area contributed by atoms with Crippen LogP contribution in [0.15, 0.2) is 24.5 Å². The van der Waals surface area contributed by atoms with Gasteiger partial charge in [0.1, 0.15) is 17.0 Å². The number of nitrogens with one attached hydrogen (secondary N) is 1. The largest absolute Gasteiger partial charge is 0.515 e. The van der Waals surface area contributed by atoms with E-state index in [1.165, 1.54) is 0 Å². The molecule has 0 bridgehead atoms. The molecule has 7 heteroatoms. The Morgan fingerprint density at radius 2 is 2.32 bits per heavy atom. The van der Waals surface area contributed by atoms with E-state index in [0.717, 1.165) is 22.5 Å². The number of rotatable bonds is 2. The summed E-state index contributed by atoms with van der Waals surface area (Å²) in [7, 11) is 0. The van der Waals surface area contributed by atoms with Crippen molar-refractivity contribution < 1.29 is 14.3 Å². The second-order valence-electron chi connectivity index (χ2n) is 4.85. The van der Waals surface area contributed by atoms with Crippen molar-refractivity contribution in [3.05, 3.63) is 41.3 Å². The van der Waals surface area contributed by atoms with Crippen molar-refractivity contribution in [1.82, 2.24) is 14.9 Å². The van der Waals surface area contributed by atoms with Crippen LogP contribution in [-0.4, -0.2) is 27.3 Å². The molecule has 3 rings (SSSR count). The number of carbonyl (C=O) groups is 1. The maximum Gasteiger partial charge on any atom is 0.515 e. The maximum atomic E-state index is 11.5. The lowest BCUT2D eigenvalue weighted by Gasteiger charge is -2.09. The number of hydrogen-bond donors (Lipinski definition) is 1. The molecule has 22 heavy (non-hydrogen) atoms. The Labute approximate surface area is 133 Å². The number of nitrogens with zero attached hydrogens (tertiary/aromatic N) is 2. The number of aryl methyl sites for hydroxylation is 1. The molecule has 0 spiro atoms. The van der Waals surface area contributed by atoms with E-state index in [9.17, 15) is 4.79 Å². The maximum absolute atomic E-state index is 11.5. The van der Waals surface area contributed by atoms with E-state index in [2.05, 4.69) is 10.3 Å². The predicted octanol–water partition coefficient (Wildman–Crippen LogP) is 2.49. The van der Waals surface area contributed by atoms with Gasteiger partial charge in [0.2, 0.25) is 5.88 Å². The van der Waals surface area contributed by atoms with Gasteiger partial charge in [-0.1, -0.05) is 23.8 Å². The minimum absolute atomic E-state index is 0.224. The highest BCUT2D eigenvalue weighted by molar-refractivity contribution is 7.80. The van der Waals surface area contributed by atoms with Crippen LogP contribution in [0.3, 0.4) is 0 Å². The molecule has 0 amide bonds. The molecule has 0 fully saturated rings. The van der Waals surface area contributed by atoms with Crippen LogP contribution in [0.2, 0.25) is 0 Å². The highest BCUT2D eigenvalue weighted by Crippen LogP contribution is 2.27. The van der Waals surface area contributed by atoms with Crippen molar-refractivity contribution in [3.8, 4) is 11.6 Å². The zero-order valence-electron chi connectivity index (χ0n) is 12.3. The summed E-state index contributed by atoms with van der Waals surface area (Å²) in [5.41, 5.74) is 3.67. The molecule has 0 saturated carbocycles. The van der Waals surface area contributed by atoms with Crippen LogP contribution < -0.4 is 10.1 Å². The van der Waals surface area contributed by atoms with Crippen LogP contribution in [0.4, 0.5) is 4.79 Å². The van der Waals surface area contributed by atoms with Gasteiger partial charge in [0.15, 0.2) is 0 Å². The Bertz CT molecular complexity index is 754. The average molecular weight is 317 g/mol. The van der Waals surface area contributed by atoms with Gasteiger partial charge in [-0.15, -0.1) is 0 Å². The molecular weight excluding hydrogens is 302 g/mol. The predicted molar refractivity (Wildman–Crippen MR) is 84.5 cm³/mol. The lowest BCUT2D eigenvalue weighted by Crippen LogP contribution is -2.21.